The minimum absolute atomic E-state index is 0.0149. The first-order chi connectivity index (χ1) is 18.4. The number of carbonyl (C=O) groups is 1. The third-order valence-electron chi connectivity index (χ3n) is 5.66. The number of rotatable bonds is 10. The lowest BCUT2D eigenvalue weighted by Gasteiger charge is -2.19. The summed E-state index contributed by atoms with van der Waals surface area (Å²) >= 11 is 1.36. The zero-order valence-electron chi connectivity index (χ0n) is 20.8. The van der Waals surface area contributed by atoms with Crippen LogP contribution in [0.3, 0.4) is 0 Å². The highest BCUT2D eigenvalue weighted by Crippen LogP contribution is 2.37. The fourth-order valence-electron chi connectivity index (χ4n) is 3.56. The summed E-state index contributed by atoms with van der Waals surface area (Å²) in [4.78, 5) is 17.7. The number of benzene rings is 2. The van der Waals surface area contributed by atoms with E-state index in [2.05, 4.69) is 20.5 Å². The van der Waals surface area contributed by atoms with Crippen LogP contribution in [0.4, 0.5) is 29.8 Å². The molecular weight excluding hydrogens is 557 g/mol. The van der Waals surface area contributed by atoms with Gasteiger partial charge in [0.1, 0.15) is 34.7 Å². The van der Waals surface area contributed by atoms with Crippen molar-refractivity contribution < 1.29 is 31.1 Å². The van der Waals surface area contributed by atoms with E-state index in [4.69, 9.17) is 10.5 Å². The molecule has 0 aliphatic heterocycles. The average Bonchev–Trinajstić information content (AvgIpc) is 3.42. The van der Waals surface area contributed by atoms with Gasteiger partial charge < -0.3 is 15.8 Å². The molecule has 0 radical (unpaired) electrons. The molecule has 1 amide bonds. The number of nitrogens with zero attached hydrogens (tertiary/aromatic N) is 2. The zero-order chi connectivity index (χ0) is 28.5. The Balaban J connectivity index is 1.76. The molecule has 0 saturated heterocycles. The van der Waals surface area contributed by atoms with Gasteiger partial charge in [-0.2, -0.15) is 13.9 Å². The number of alkyl halides is 2. The topological polar surface area (TPSA) is 152 Å². The smallest absolute Gasteiger partial charge is 0.355 e. The summed E-state index contributed by atoms with van der Waals surface area (Å²) in [6, 6.07) is 9.25. The summed E-state index contributed by atoms with van der Waals surface area (Å²) in [5.74, 6) is -4.96. The van der Waals surface area contributed by atoms with Crippen molar-refractivity contribution in [1.29, 1.82) is 0 Å². The monoisotopic (exact) mass is 580 g/mol. The molecule has 2 aromatic carbocycles. The molecule has 39 heavy (non-hydrogen) atoms. The van der Waals surface area contributed by atoms with Crippen LogP contribution in [0.25, 0.3) is 11.3 Å². The maximum absolute atomic E-state index is 13.4. The fourth-order valence-corrected chi connectivity index (χ4v) is 4.94. The fraction of sp³-hybridized carbons (Fsp3) is 0.208. The lowest BCUT2D eigenvalue weighted by atomic mass is 10.1. The molecule has 0 saturated carbocycles. The van der Waals surface area contributed by atoms with Crippen LogP contribution >= 0.6 is 11.3 Å². The molecular formula is C24H23F3N6O4S2. The number of sulfonamides is 1. The molecule has 0 bridgehead atoms. The Labute approximate surface area is 225 Å². The highest BCUT2D eigenvalue weighted by Gasteiger charge is 2.27. The number of aryl methyl sites for hydroxylation is 2. The second-order valence-electron chi connectivity index (χ2n) is 8.40. The molecule has 1 unspecified atom stereocenters. The molecule has 0 aliphatic rings. The average molecular weight is 581 g/mol. The number of thiazole rings is 1. The molecule has 15 heteroatoms. The summed E-state index contributed by atoms with van der Waals surface area (Å²) in [5.41, 5.74) is 7.05. The predicted molar refractivity (Wildman–Crippen MR) is 141 cm³/mol. The maximum atomic E-state index is 13.4. The Morgan fingerprint density at radius 1 is 1.15 bits per heavy atom. The van der Waals surface area contributed by atoms with E-state index in [0.29, 0.717) is 10.7 Å². The van der Waals surface area contributed by atoms with Crippen LogP contribution in [0.5, 0.6) is 5.75 Å². The highest BCUT2D eigenvalue weighted by atomic mass is 32.2. The maximum Gasteiger partial charge on any atom is 0.355 e. The SMILES string of the molecule is Cc1nc(Nc2[nH]nc(-c3ccc(NS(=O)(=O)C(F)F)c(OC(C)c4ccc(F)cc4)c3)c2C(N)=O)sc1C. The number of H-pyrrole nitrogens is 1. The number of amides is 1. The largest absolute Gasteiger partial charge is 0.484 e. The Hall–Kier alpha value is -4.11. The number of nitrogens with one attached hydrogen (secondary N) is 3. The van der Waals surface area contributed by atoms with Gasteiger partial charge in [0, 0.05) is 10.4 Å². The number of halogens is 3. The molecule has 5 N–H and O–H groups in total. The molecule has 0 fully saturated rings. The number of ether oxygens (including phenoxy) is 1. The summed E-state index contributed by atoms with van der Waals surface area (Å²) in [6.45, 7) is 5.33. The van der Waals surface area contributed by atoms with Crippen molar-refractivity contribution in [1.82, 2.24) is 15.2 Å². The van der Waals surface area contributed by atoms with Crippen molar-refractivity contribution in [2.45, 2.75) is 32.6 Å². The first-order valence-electron chi connectivity index (χ1n) is 11.3. The van der Waals surface area contributed by atoms with E-state index in [1.165, 1.54) is 53.8 Å². The molecule has 2 aromatic heterocycles. The van der Waals surface area contributed by atoms with Crippen molar-refractivity contribution >= 4 is 43.9 Å². The van der Waals surface area contributed by atoms with Gasteiger partial charge in [-0.25, -0.2) is 17.8 Å². The van der Waals surface area contributed by atoms with Crippen LogP contribution in [0.1, 0.15) is 39.5 Å². The van der Waals surface area contributed by atoms with E-state index in [9.17, 15) is 26.4 Å². The lowest BCUT2D eigenvalue weighted by Crippen LogP contribution is -2.21. The quantitative estimate of drug-likeness (QED) is 0.200. The molecule has 1 atom stereocenters. The van der Waals surface area contributed by atoms with Crippen LogP contribution in [-0.4, -0.2) is 35.3 Å². The van der Waals surface area contributed by atoms with Crippen molar-refractivity contribution in [2.75, 3.05) is 10.0 Å². The van der Waals surface area contributed by atoms with E-state index in [-0.39, 0.29) is 34.1 Å². The van der Waals surface area contributed by atoms with Gasteiger partial charge in [-0.1, -0.05) is 18.2 Å². The minimum atomic E-state index is -5.04. The van der Waals surface area contributed by atoms with Crippen LogP contribution in [0.2, 0.25) is 0 Å². The van der Waals surface area contributed by atoms with Gasteiger partial charge in [0.05, 0.1) is 11.4 Å². The number of hydrogen-bond donors (Lipinski definition) is 4. The third kappa shape index (κ3) is 6.15. The lowest BCUT2D eigenvalue weighted by molar-refractivity contribution is 0.100. The van der Waals surface area contributed by atoms with Crippen molar-refractivity contribution in [3.63, 3.8) is 0 Å². The highest BCUT2D eigenvalue weighted by molar-refractivity contribution is 7.93. The van der Waals surface area contributed by atoms with Gasteiger partial charge in [0.2, 0.25) is 0 Å². The van der Waals surface area contributed by atoms with E-state index in [1.54, 1.807) is 6.92 Å². The van der Waals surface area contributed by atoms with Crippen LogP contribution < -0.4 is 20.5 Å². The number of primary amides is 1. The van der Waals surface area contributed by atoms with Crippen LogP contribution in [-0.2, 0) is 10.0 Å². The number of carbonyl (C=O) groups excluding carboxylic acids is 1. The third-order valence-corrected chi connectivity index (χ3v) is 7.62. The Morgan fingerprint density at radius 3 is 2.44 bits per heavy atom. The van der Waals surface area contributed by atoms with Crippen molar-refractivity contribution in [2.24, 2.45) is 5.73 Å². The Kier molecular flexibility index (Phi) is 7.83. The predicted octanol–water partition coefficient (Wildman–Crippen LogP) is 5.24. The molecule has 0 spiro atoms. The van der Waals surface area contributed by atoms with Crippen molar-refractivity contribution in [3.05, 3.63) is 70.0 Å². The normalized spacial score (nSPS) is 12.4. The van der Waals surface area contributed by atoms with Crippen molar-refractivity contribution in [3.8, 4) is 17.0 Å². The van der Waals surface area contributed by atoms with Gasteiger partial charge in [0.15, 0.2) is 5.13 Å². The molecule has 2 heterocycles. The first-order valence-corrected chi connectivity index (χ1v) is 13.7. The van der Waals surface area contributed by atoms with Gasteiger partial charge in [-0.3, -0.25) is 14.6 Å². The molecule has 206 valence electrons. The van der Waals surface area contributed by atoms with Gasteiger partial charge >= 0.3 is 5.76 Å². The molecule has 0 aliphatic carbocycles. The van der Waals surface area contributed by atoms with Gasteiger partial charge in [-0.05, 0) is 50.6 Å². The second-order valence-corrected chi connectivity index (χ2v) is 11.3. The summed E-state index contributed by atoms with van der Waals surface area (Å²) in [5, 5.41) is 10.4. The van der Waals surface area contributed by atoms with Crippen LogP contribution in [0, 0.1) is 19.7 Å². The summed E-state index contributed by atoms with van der Waals surface area (Å²) in [7, 11) is -5.04. The second kappa shape index (κ2) is 10.9. The van der Waals surface area contributed by atoms with E-state index >= 15 is 0 Å². The zero-order valence-corrected chi connectivity index (χ0v) is 22.4. The Morgan fingerprint density at radius 2 is 1.85 bits per heavy atom. The number of aromatic nitrogens is 3. The first kappa shape index (κ1) is 27.9. The van der Waals surface area contributed by atoms with E-state index in [0.717, 1.165) is 10.6 Å². The number of nitrogens with two attached hydrogens (primary N) is 1. The summed E-state index contributed by atoms with van der Waals surface area (Å²) in [6.07, 6.45) is -0.751. The molecule has 10 nitrogen and oxygen atoms in total. The number of aromatic amines is 1. The number of anilines is 3. The van der Waals surface area contributed by atoms with Gasteiger partial charge in [-0.15, -0.1) is 11.3 Å². The minimum Gasteiger partial charge on any atom is -0.484 e. The van der Waals surface area contributed by atoms with Crippen LogP contribution in [0.15, 0.2) is 42.5 Å². The standard InChI is InChI=1S/C24H23F3N6O4S2/c1-11-13(3)38-24(29-11)30-22-19(21(28)34)20(31-32-22)15-6-9-17(33-39(35,36)23(26)27)18(10-15)37-12(2)14-4-7-16(25)8-5-14/h4-10,12,23,33H,1-3H3,(H2,28,34)(H2,29,30,31,32). The van der Waals surface area contributed by atoms with E-state index < -0.39 is 33.6 Å². The number of hydrogen-bond acceptors (Lipinski definition) is 8. The van der Waals surface area contributed by atoms with E-state index in [1.807, 2.05) is 18.6 Å². The molecule has 4 rings (SSSR count). The van der Waals surface area contributed by atoms with Gasteiger partial charge in [0.25, 0.3) is 15.9 Å². The molecule has 4 aromatic rings. The Bertz CT molecular complexity index is 1600. The summed E-state index contributed by atoms with van der Waals surface area (Å²) < 4.78 is 71.0.